The van der Waals surface area contributed by atoms with Gasteiger partial charge in [0.2, 0.25) is 0 Å². The van der Waals surface area contributed by atoms with E-state index < -0.39 is 11.6 Å². The summed E-state index contributed by atoms with van der Waals surface area (Å²) in [5.41, 5.74) is 0.527. The lowest BCUT2D eigenvalue weighted by molar-refractivity contribution is 0.551. The van der Waals surface area contributed by atoms with Gasteiger partial charge in [0.15, 0.2) is 0 Å². The molecule has 0 radical (unpaired) electrons. The van der Waals surface area contributed by atoms with Crippen molar-refractivity contribution in [1.82, 2.24) is 5.32 Å². The Balaban J connectivity index is 2.14. The van der Waals surface area contributed by atoms with Crippen molar-refractivity contribution in [2.45, 2.75) is 32.2 Å². The second kappa shape index (κ2) is 8.80. The number of rotatable bonds is 8. The van der Waals surface area contributed by atoms with Gasteiger partial charge in [0, 0.05) is 18.2 Å². The minimum atomic E-state index is -0.523. The van der Waals surface area contributed by atoms with Gasteiger partial charge in [0.05, 0.1) is 0 Å². The van der Waals surface area contributed by atoms with E-state index in [9.17, 15) is 8.78 Å². The zero-order chi connectivity index (χ0) is 12.5. The number of unbranched alkanes of at least 4 members (excludes halogenated alkanes) is 3. The molecule has 0 fully saturated rings. The Kier molecular flexibility index (Phi) is 7.68. The Hall–Kier alpha value is -0.230. The minimum Gasteiger partial charge on any atom is -0.313 e. The van der Waals surface area contributed by atoms with Gasteiger partial charge in [-0.05, 0) is 29.9 Å². The smallest absolute Gasteiger partial charge is 0.130 e. The first-order valence-electron chi connectivity index (χ1n) is 5.94. The van der Waals surface area contributed by atoms with E-state index in [-0.39, 0.29) is 0 Å². The predicted molar refractivity (Wildman–Crippen MR) is 75.4 cm³/mol. The molecule has 1 nitrogen and oxygen atoms in total. The lowest BCUT2D eigenvalue weighted by atomic mass is 10.2. The van der Waals surface area contributed by atoms with Crippen molar-refractivity contribution in [3.8, 4) is 0 Å². The Morgan fingerprint density at radius 3 is 2.53 bits per heavy atom. The van der Waals surface area contributed by atoms with E-state index in [4.69, 9.17) is 0 Å². The molecule has 0 unspecified atom stereocenters. The molecule has 0 aliphatic rings. The lowest BCUT2D eigenvalue weighted by Crippen LogP contribution is -2.15. The largest absolute Gasteiger partial charge is 0.313 e. The van der Waals surface area contributed by atoms with Crippen molar-refractivity contribution < 1.29 is 8.78 Å². The number of hydrogen-bond donors (Lipinski definition) is 1. The van der Waals surface area contributed by atoms with Crippen molar-refractivity contribution in [3.63, 3.8) is 0 Å². The lowest BCUT2D eigenvalue weighted by Gasteiger charge is -2.06. The van der Waals surface area contributed by atoms with Crippen LogP contribution in [0.1, 0.15) is 31.2 Å². The van der Waals surface area contributed by atoms with E-state index in [1.165, 1.54) is 35.8 Å². The third-order valence-electron chi connectivity index (χ3n) is 2.57. The highest BCUT2D eigenvalue weighted by molar-refractivity contribution is 14.1. The summed E-state index contributed by atoms with van der Waals surface area (Å²) in [7, 11) is 0. The summed E-state index contributed by atoms with van der Waals surface area (Å²) in [5.74, 6) is -0.993. The summed E-state index contributed by atoms with van der Waals surface area (Å²) in [4.78, 5) is 0. The van der Waals surface area contributed by atoms with Crippen LogP contribution in [-0.4, -0.2) is 11.0 Å². The van der Waals surface area contributed by atoms with Crippen molar-refractivity contribution in [2.24, 2.45) is 0 Å². The Morgan fingerprint density at radius 1 is 1.06 bits per heavy atom. The molecule has 1 N–H and O–H groups in total. The second-order valence-electron chi connectivity index (χ2n) is 4.02. The minimum absolute atomic E-state index is 0.470. The molecule has 0 atom stereocenters. The summed E-state index contributed by atoms with van der Waals surface area (Å²) in [5, 5.41) is 3.17. The summed E-state index contributed by atoms with van der Waals surface area (Å²) in [6.45, 7) is 1.36. The fourth-order valence-corrected chi connectivity index (χ4v) is 2.13. The topological polar surface area (TPSA) is 12.0 Å². The number of hydrogen-bond acceptors (Lipinski definition) is 1. The van der Waals surface area contributed by atoms with Crippen LogP contribution < -0.4 is 5.32 Å². The predicted octanol–water partition coefficient (Wildman–Crippen LogP) is 4.05. The number of halogens is 3. The summed E-state index contributed by atoms with van der Waals surface area (Å²) in [6.07, 6.45) is 4.85. The Morgan fingerprint density at radius 2 is 1.82 bits per heavy atom. The van der Waals surface area contributed by atoms with E-state index in [1.54, 1.807) is 0 Å². The molecular weight excluding hydrogens is 335 g/mol. The highest BCUT2D eigenvalue weighted by Gasteiger charge is 2.02. The maximum Gasteiger partial charge on any atom is 0.130 e. The third-order valence-corrected chi connectivity index (χ3v) is 3.33. The van der Waals surface area contributed by atoms with Crippen LogP contribution in [0, 0.1) is 11.6 Å². The van der Waals surface area contributed by atoms with E-state index in [0.717, 1.165) is 19.0 Å². The zero-order valence-electron chi connectivity index (χ0n) is 9.82. The normalized spacial score (nSPS) is 10.8. The van der Waals surface area contributed by atoms with Gasteiger partial charge in [0.1, 0.15) is 11.6 Å². The van der Waals surface area contributed by atoms with Gasteiger partial charge < -0.3 is 5.32 Å². The van der Waals surface area contributed by atoms with Crippen LogP contribution in [-0.2, 0) is 6.54 Å². The molecule has 0 bridgehead atoms. The highest BCUT2D eigenvalue weighted by atomic mass is 127. The standard InChI is InChI=1S/C13H18F2IN/c14-12-6-5-11(13(15)9-12)10-17-8-4-2-1-3-7-16/h5-6,9,17H,1-4,7-8,10H2. The fourth-order valence-electron chi connectivity index (χ4n) is 1.59. The molecule has 0 spiro atoms. The molecule has 0 heterocycles. The second-order valence-corrected chi connectivity index (χ2v) is 5.09. The molecule has 1 rings (SSSR count). The summed E-state index contributed by atoms with van der Waals surface area (Å²) < 4.78 is 27.1. The molecule has 0 saturated carbocycles. The average Bonchev–Trinajstić information content (AvgIpc) is 2.30. The molecule has 96 valence electrons. The molecule has 1 aromatic rings. The van der Waals surface area contributed by atoms with Crippen LogP contribution in [0.4, 0.5) is 8.78 Å². The van der Waals surface area contributed by atoms with Crippen molar-refractivity contribution in [1.29, 1.82) is 0 Å². The molecule has 4 heteroatoms. The molecular formula is C13H18F2IN. The van der Waals surface area contributed by atoms with Crippen molar-refractivity contribution >= 4 is 22.6 Å². The summed E-state index contributed by atoms with van der Waals surface area (Å²) in [6, 6.07) is 3.71. The maximum atomic E-state index is 13.2. The highest BCUT2D eigenvalue weighted by Crippen LogP contribution is 2.09. The van der Waals surface area contributed by atoms with E-state index >= 15 is 0 Å². The van der Waals surface area contributed by atoms with Gasteiger partial charge in [-0.2, -0.15) is 0 Å². The number of nitrogens with one attached hydrogen (secondary N) is 1. The van der Waals surface area contributed by atoms with Crippen molar-refractivity contribution in [2.75, 3.05) is 11.0 Å². The van der Waals surface area contributed by atoms with Gasteiger partial charge in [-0.1, -0.05) is 41.5 Å². The molecule has 0 aliphatic heterocycles. The van der Waals surface area contributed by atoms with Crippen LogP contribution in [0.3, 0.4) is 0 Å². The number of alkyl halides is 1. The fraction of sp³-hybridized carbons (Fsp3) is 0.538. The van der Waals surface area contributed by atoms with Gasteiger partial charge in [-0.25, -0.2) is 8.78 Å². The third kappa shape index (κ3) is 6.31. The van der Waals surface area contributed by atoms with E-state index in [2.05, 4.69) is 27.9 Å². The SMILES string of the molecule is Fc1ccc(CNCCCCCCI)c(F)c1. The Labute approximate surface area is 115 Å². The molecule has 1 aromatic carbocycles. The van der Waals surface area contributed by atoms with Crippen LogP contribution in [0.25, 0.3) is 0 Å². The van der Waals surface area contributed by atoms with Gasteiger partial charge in [-0.3, -0.25) is 0 Å². The quantitative estimate of drug-likeness (QED) is 0.422. The molecule has 0 amide bonds. The first-order chi connectivity index (χ1) is 8.24. The molecule has 0 aliphatic carbocycles. The zero-order valence-corrected chi connectivity index (χ0v) is 12.0. The average molecular weight is 353 g/mol. The van der Waals surface area contributed by atoms with E-state index in [0.29, 0.717) is 12.1 Å². The van der Waals surface area contributed by atoms with Gasteiger partial charge in [0.25, 0.3) is 0 Å². The van der Waals surface area contributed by atoms with E-state index in [1.807, 2.05) is 0 Å². The molecule has 0 saturated heterocycles. The van der Waals surface area contributed by atoms with Gasteiger partial charge in [-0.15, -0.1) is 0 Å². The van der Waals surface area contributed by atoms with Crippen LogP contribution in [0.2, 0.25) is 0 Å². The number of benzene rings is 1. The van der Waals surface area contributed by atoms with Crippen LogP contribution in [0.15, 0.2) is 18.2 Å². The monoisotopic (exact) mass is 353 g/mol. The maximum absolute atomic E-state index is 13.2. The van der Waals surface area contributed by atoms with Crippen LogP contribution >= 0.6 is 22.6 Å². The first kappa shape index (κ1) is 14.8. The Bertz CT molecular complexity index is 331. The summed E-state index contributed by atoms with van der Waals surface area (Å²) >= 11 is 2.38. The van der Waals surface area contributed by atoms with Gasteiger partial charge >= 0.3 is 0 Å². The molecule has 0 aromatic heterocycles. The first-order valence-corrected chi connectivity index (χ1v) is 7.47. The van der Waals surface area contributed by atoms with Crippen molar-refractivity contribution in [3.05, 3.63) is 35.4 Å². The molecule has 17 heavy (non-hydrogen) atoms. The van der Waals surface area contributed by atoms with Crippen LogP contribution in [0.5, 0.6) is 0 Å².